The van der Waals surface area contributed by atoms with E-state index < -0.39 is 0 Å². The van der Waals surface area contributed by atoms with Crippen molar-refractivity contribution >= 4 is 54.4 Å². The SMILES string of the molecule is C#CC\C=C/C(=C1\C=CC=CC1=N)C(=C/C(C)c1cc2ccccc2c2ccccc12)/C=C(\C)c1cc2ccccc2c2ccccc12.CN. The van der Waals surface area contributed by atoms with E-state index in [9.17, 15) is 0 Å². The van der Waals surface area contributed by atoms with Crippen LogP contribution in [0.1, 0.15) is 37.3 Å². The van der Waals surface area contributed by atoms with Crippen LogP contribution in [0.4, 0.5) is 0 Å². The minimum Gasteiger partial charge on any atom is -0.333 e. The molecule has 0 fully saturated rings. The third-order valence-corrected chi connectivity index (χ3v) is 9.33. The number of nitrogens with two attached hydrogens (primary N) is 1. The monoisotopic (exact) mass is 646 g/mol. The molecule has 244 valence electrons. The molecule has 7 rings (SSSR count). The largest absolute Gasteiger partial charge is 0.333 e. The molecule has 0 saturated heterocycles. The van der Waals surface area contributed by atoms with Crippen molar-refractivity contribution in [1.82, 2.24) is 0 Å². The van der Waals surface area contributed by atoms with Gasteiger partial charge in [-0.25, -0.2) is 0 Å². The first-order valence-corrected chi connectivity index (χ1v) is 17.1. The van der Waals surface area contributed by atoms with Gasteiger partial charge in [0.2, 0.25) is 0 Å². The van der Waals surface area contributed by atoms with E-state index in [4.69, 9.17) is 11.8 Å². The summed E-state index contributed by atoms with van der Waals surface area (Å²) in [6.45, 7) is 4.48. The minimum absolute atomic E-state index is 0.0702. The van der Waals surface area contributed by atoms with Gasteiger partial charge < -0.3 is 11.1 Å². The molecule has 1 unspecified atom stereocenters. The van der Waals surface area contributed by atoms with Crippen molar-refractivity contribution in [3.63, 3.8) is 0 Å². The molecule has 0 aromatic heterocycles. The summed E-state index contributed by atoms with van der Waals surface area (Å²) in [6, 6.07) is 39.3. The van der Waals surface area contributed by atoms with Crippen LogP contribution in [0.15, 0.2) is 175 Å². The Morgan fingerprint density at radius 3 is 1.92 bits per heavy atom. The Hall–Kier alpha value is -6.01. The van der Waals surface area contributed by atoms with Gasteiger partial charge in [0, 0.05) is 17.9 Å². The Balaban J connectivity index is 0.00000212. The molecule has 0 aliphatic heterocycles. The number of hydrogen-bond acceptors (Lipinski definition) is 2. The number of benzene rings is 6. The van der Waals surface area contributed by atoms with Crippen LogP contribution in [0.3, 0.4) is 0 Å². The lowest BCUT2D eigenvalue weighted by molar-refractivity contribution is 0.974. The van der Waals surface area contributed by atoms with Crippen LogP contribution in [-0.2, 0) is 0 Å². The molecule has 0 spiro atoms. The molecule has 0 radical (unpaired) electrons. The first kappa shape index (κ1) is 33.9. The lowest BCUT2D eigenvalue weighted by atomic mass is 9.85. The van der Waals surface area contributed by atoms with E-state index in [-0.39, 0.29) is 5.92 Å². The summed E-state index contributed by atoms with van der Waals surface area (Å²) in [6.07, 6.45) is 22.8. The van der Waals surface area contributed by atoms with E-state index in [0.717, 1.165) is 22.3 Å². The average Bonchev–Trinajstić information content (AvgIpc) is 3.17. The number of hydrogen-bond donors (Lipinski definition) is 2. The highest BCUT2D eigenvalue weighted by atomic mass is 14.4. The van der Waals surface area contributed by atoms with Gasteiger partial charge in [0.05, 0.1) is 5.71 Å². The van der Waals surface area contributed by atoms with Crippen molar-refractivity contribution in [1.29, 1.82) is 5.41 Å². The van der Waals surface area contributed by atoms with Crippen molar-refractivity contribution in [3.8, 4) is 12.3 Å². The van der Waals surface area contributed by atoms with Gasteiger partial charge in [-0.05, 0) is 103 Å². The highest BCUT2D eigenvalue weighted by Crippen LogP contribution is 2.37. The van der Waals surface area contributed by atoms with E-state index in [2.05, 4.69) is 153 Å². The Kier molecular flexibility index (Phi) is 10.5. The molecule has 0 amide bonds. The van der Waals surface area contributed by atoms with Gasteiger partial charge in [-0.2, -0.15) is 0 Å². The van der Waals surface area contributed by atoms with Gasteiger partial charge in [0.15, 0.2) is 0 Å². The van der Waals surface area contributed by atoms with Gasteiger partial charge >= 0.3 is 0 Å². The van der Waals surface area contributed by atoms with E-state index in [1.165, 1.54) is 61.3 Å². The fourth-order valence-corrected chi connectivity index (χ4v) is 7.03. The number of nitrogens with one attached hydrogen (secondary N) is 1. The van der Waals surface area contributed by atoms with Crippen LogP contribution in [0.25, 0.3) is 48.7 Å². The smallest absolute Gasteiger partial charge is 0.0618 e. The minimum atomic E-state index is 0.0702. The Morgan fingerprint density at radius 2 is 1.28 bits per heavy atom. The van der Waals surface area contributed by atoms with Crippen LogP contribution in [-0.4, -0.2) is 12.8 Å². The molecular weight excluding hydrogens is 605 g/mol. The van der Waals surface area contributed by atoms with E-state index in [1.54, 1.807) is 0 Å². The molecule has 50 heavy (non-hydrogen) atoms. The summed E-state index contributed by atoms with van der Waals surface area (Å²) in [5, 5.41) is 18.9. The fraction of sp³-hybridized carbons (Fsp3) is 0.104. The lowest BCUT2D eigenvalue weighted by Crippen LogP contribution is -2.04. The van der Waals surface area contributed by atoms with E-state index in [0.29, 0.717) is 12.1 Å². The summed E-state index contributed by atoms with van der Waals surface area (Å²) in [7, 11) is 1.50. The summed E-state index contributed by atoms with van der Waals surface area (Å²) in [5.74, 6) is 2.82. The maximum Gasteiger partial charge on any atom is 0.0618 e. The van der Waals surface area contributed by atoms with Crippen molar-refractivity contribution in [3.05, 3.63) is 186 Å². The van der Waals surface area contributed by atoms with Gasteiger partial charge in [-0.15, -0.1) is 12.3 Å². The van der Waals surface area contributed by atoms with E-state index >= 15 is 0 Å². The summed E-state index contributed by atoms with van der Waals surface area (Å²) in [4.78, 5) is 0. The highest BCUT2D eigenvalue weighted by molar-refractivity contribution is 6.13. The second kappa shape index (κ2) is 15.5. The van der Waals surface area contributed by atoms with Crippen LogP contribution < -0.4 is 5.73 Å². The third kappa shape index (κ3) is 6.78. The molecule has 2 heteroatoms. The van der Waals surface area contributed by atoms with Crippen molar-refractivity contribution in [2.24, 2.45) is 5.73 Å². The quantitative estimate of drug-likeness (QED) is 0.101. The standard InChI is InChI=1S/C47H37N.CH5N/c1-4-5-6-19-39(44-26-15-16-27-47(44)48)36(28-32(2)45-30-34-17-7-9-20-37(34)40-22-11-13-24-42(40)45)29-33(3)46-31-35-18-8-10-21-38(35)41-23-12-14-25-43(41)46;1-2/h1,6-32,48H,5H2,2-3H3;2H2,1H3/b19-6-,33-29+,36-28+,44-39-,48-47?;. The molecule has 3 N–H and O–H groups in total. The second-order valence-corrected chi connectivity index (χ2v) is 12.4. The van der Waals surface area contributed by atoms with Gasteiger partial charge in [-0.3, -0.25) is 0 Å². The topological polar surface area (TPSA) is 49.9 Å². The van der Waals surface area contributed by atoms with Gasteiger partial charge in [0.25, 0.3) is 0 Å². The zero-order valence-electron chi connectivity index (χ0n) is 29.0. The zero-order valence-corrected chi connectivity index (χ0v) is 29.0. The maximum atomic E-state index is 8.92. The Morgan fingerprint density at radius 1 is 0.740 bits per heavy atom. The molecule has 0 bridgehead atoms. The van der Waals surface area contributed by atoms with E-state index in [1.807, 2.05) is 30.4 Å². The molecule has 1 aliphatic rings. The molecule has 6 aromatic carbocycles. The van der Waals surface area contributed by atoms with Gasteiger partial charge in [-0.1, -0.05) is 147 Å². The number of allylic oxidation sites excluding steroid dienone is 12. The van der Waals surface area contributed by atoms with Crippen molar-refractivity contribution in [2.45, 2.75) is 26.2 Å². The van der Waals surface area contributed by atoms with Crippen LogP contribution >= 0.6 is 0 Å². The molecule has 0 heterocycles. The van der Waals surface area contributed by atoms with Crippen LogP contribution in [0, 0.1) is 17.8 Å². The van der Waals surface area contributed by atoms with Crippen LogP contribution in [0.5, 0.6) is 0 Å². The molecular formula is C48H42N2. The fourth-order valence-electron chi connectivity index (χ4n) is 7.03. The van der Waals surface area contributed by atoms with Crippen molar-refractivity contribution in [2.75, 3.05) is 7.05 Å². The molecule has 0 saturated carbocycles. The molecule has 1 aliphatic carbocycles. The molecule has 6 aromatic rings. The Labute approximate surface area is 295 Å². The second-order valence-electron chi connectivity index (χ2n) is 12.4. The third-order valence-electron chi connectivity index (χ3n) is 9.33. The number of rotatable bonds is 7. The predicted octanol–water partition coefficient (Wildman–Crippen LogP) is 12.0. The van der Waals surface area contributed by atoms with Gasteiger partial charge in [0.1, 0.15) is 0 Å². The normalized spacial score (nSPS) is 15.1. The molecule has 2 nitrogen and oxygen atoms in total. The predicted molar refractivity (Wildman–Crippen MR) is 219 cm³/mol. The van der Waals surface area contributed by atoms with Crippen molar-refractivity contribution < 1.29 is 0 Å². The summed E-state index contributed by atoms with van der Waals surface area (Å²) < 4.78 is 0. The molecule has 1 atom stereocenters. The zero-order chi connectivity index (χ0) is 35.0. The number of terminal acetylenes is 1. The first-order chi connectivity index (χ1) is 24.5. The number of fused-ring (bicyclic) bond motifs is 6. The lowest BCUT2D eigenvalue weighted by Gasteiger charge is -2.19. The Bertz CT molecular complexity index is 2470. The average molecular weight is 647 g/mol. The first-order valence-electron chi connectivity index (χ1n) is 17.1. The summed E-state index contributed by atoms with van der Waals surface area (Å²) >= 11 is 0. The van der Waals surface area contributed by atoms with Crippen LogP contribution in [0.2, 0.25) is 0 Å². The summed E-state index contributed by atoms with van der Waals surface area (Å²) in [5.41, 5.74) is 11.5. The maximum absolute atomic E-state index is 8.92. The highest BCUT2D eigenvalue weighted by Gasteiger charge is 2.17.